The summed E-state index contributed by atoms with van der Waals surface area (Å²) >= 11 is 6.90. The van der Waals surface area contributed by atoms with E-state index in [4.69, 9.17) is 14.2 Å². The lowest BCUT2D eigenvalue weighted by Gasteiger charge is -2.13. The molecule has 96 valence electrons. The van der Waals surface area contributed by atoms with Crippen LogP contribution < -0.4 is 9.47 Å². The van der Waals surface area contributed by atoms with Crippen molar-refractivity contribution in [2.24, 2.45) is 0 Å². The smallest absolute Gasteiger partial charge is 0.175 e. The summed E-state index contributed by atoms with van der Waals surface area (Å²) in [4.78, 5) is 0. The van der Waals surface area contributed by atoms with Crippen LogP contribution in [-0.2, 0) is 10.1 Å². The van der Waals surface area contributed by atoms with Crippen LogP contribution in [0.15, 0.2) is 16.6 Å². The Hall–Kier alpha value is -0.260. The third-order valence-corrected chi connectivity index (χ3v) is 3.36. The summed E-state index contributed by atoms with van der Waals surface area (Å²) in [7, 11) is 1.63. The van der Waals surface area contributed by atoms with E-state index in [2.05, 4.69) is 31.9 Å². The molecule has 0 aliphatic heterocycles. The molecular weight excluding hydrogens is 352 g/mol. The molecule has 0 aliphatic rings. The molecule has 0 aliphatic carbocycles. The molecule has 5 heteroatoms. The lowest BCUT2D eigenvalue weighted by molar-refractivity contribution is 0.108. The minimum absolute atomic E-state index is 0.510. The first-order valence-corrected chi connectivity index (χ1v) is 7.27. The number of hydrogen-bond acceptors (Lipinski definition) is 3. The largest absolute Gasteiger partial charge is 0.493 e. The van der Waals surface area contributed by atoms with Crippen LogP contribution in [0.5, 0.6) is 11.5 Å². The van der Waals surface area contributed by atoms with Gasteiger partial charge in [-0.15, -0.1) is 0 Å². The lowest BCUT2D eigenvalue weighted by atomic mass is 10.2. The third kappa shape index (κ3) is 4.48. The van der Waals surface area contributed by atoms with Crippen LogP contribution in [0, 0.1) is 0 Å². The van der Waals surface area contributed by atoms with Crippen molar-refractivity contribution in [3.05, 3.63) is 22.2 Å². The lowest BCUT2D eigenvalue weighted by Crippen LogP contribution is -2.07. The van der Waals surface area contributed by atoms with E-state index in [1.165, 1.54) is 0 Å². The van der Waals surface area contributed by atoms with Gasteiger partial charge < -0.3 is 14.2 Å². The Morgan fingerprint density at radius 2 is 2.00 bits per heavy atom. The third-order valence-electron chi connectivity index (χ3n) is 2.12. The van der Waals surface area contributed by atoms with Crippen LogP contribution in [0.2, 0.25) is 0 Å². The highest BCUT2D eigenvalue weighted by Gasteiger charge is 2.11. The Bertz CT molecular complexity index is 356. The van der Waals surface area contributed by atoms with E-state index in [9.17, 15) is 0 Å². The van der Waals surface area contributed by atoms with Gasteiger partial charge in [-0.05, 0) is 40.5 Å². The van der Waals surface area contributed by atoms with Crippen molar-refractivity contribution >= 4 is 31.9 Å². The topological polar surface area (TPSA) is 27.7 Å². The van der Waals surface area contributed by atoms with Gasteiger partial charge >= 0.3 is 0 Å². The van der Waals surface area contributed by atoms with E-state index in [0.717, 1.165) is 26.9 Å². The van der Waals surface area contributed by atoms with Gasteiger partial charge in [0.1, 0.15) is 6.61 Å². The van der Waals surface area contributed by atoms with Crippen LogP contribution in [0.4, 0.5) is 0 Å². The summed E-state index contributed by atoms with van der Waals surface area (Å²) in [6, 6.07) is 3.96. The number of halogens is 2. The fraction of sp³-hybridized carbons (Fsp3) is 0.500. The number of ether oxygens (including phenoxy) is 3. The van der Waals surface area contributed by atoms with Crippen molar-refractivity contribution in [3.63, 3.8) is 0 Å². The van der Waals surface area contributed by atoms with Gasteiger partial charge in [0.05, 0.1) is 18.2 Å². The summed E-state index contributed by atoms with van der Waals surface area (Å²) in [5.74, 6) is 1.45. The van der Waals surface area contributed by atoms with Gasteiger partial charge in [-0.1, -0.05) is 15.9 Å². The summed E-state index contributed by atoms with van der Waals surface area (Å²) in [6.07, 6.45) is 0. The van der Waals surface area contributed by atoms with E-state index >= 15 is 0 Å². The fourth-order valence-corrected chi connectivity index (χ4v) is 2.27. The second kappa shape index (κ2) is 7.95. The Balaban J connectivity index is 2.75. The minimum Gasteiger partial charge on any atom is -0.493 e. The van der Waals surface area contributed by atoms with Crippen molar-refractivity contribution in [3.8, 4) is 11.5 Å². The molecule has 1 rings (SSSR count). The van der Waals surface area contributed by atoms with Gasteiger partial charge in [-0.25, -0.2) is 0 Å². The second-order valence-corrected chi connectivity index (χ2v) is 4.70. The van der Waals surface area contributed by atoms with E-state index in [1.807, 2.05) is 19.1 Å². The molecule has 0 aromatic heterocycles. The molecule has 0 fully saturated rings. The van der Waals surface area contributed by atoms with Crippen LogP contribution in [0.1, 0.15) is 12.5 Å². The number of hydrogen-bond donors (Lipinski definition) is 0. The number of methoxy groups -OCH3 is 1. The summed E-state index contributed by atoms with van der Waals surface area (Å²) in [5.41, 5.74) is 1.13. The minimum atomic E-state index is 0.510. The van der Waals surface area contributed by atoms with E-state index in [1.54, 1.807) is 7.11 Å². The quantitative estimate of drug-likeness (QED) is 0.542. The highest BCUT2D eigenvalue weighted by molar-refractivity contribution is 9.10. The van der Waals surface area contributed by atoms with Crippen molar-refractivity contribution in [2.45, 2.75) is 12.3 Å². The molecule has 0 amide bonds. The zero-order valence-corrected chi connectivity index (χ0v) is 13.1. The molecule has 0 atom stereocenters. The van der Waals surface area contributed by atoms with Gasteiger partial charge in [-0.2, -0.15) is 0 Å². The first-order chi connectivity index (χ1) is 8.22. The molecule has 0 unspecified atom stereocenters. The average Bonchev–Trinajstić information content (AvgIpc) is 2.35. The average molecular weight is 368 g/mol. The van der Waals surface area contributed by atoms with E-state index in [0.29, 0.717) is 19.8 Å². The van der Waals surface area contributed by atoms with Gasteiger partial charge in [0, 0.05) is 11.9 Å². The van der Waals surface area contributed by atoms with Gasteiger partial charge in [0.2, 0.25) is 0 Å². The Morgan fingerprint density at radius 1 is 1.24 bits per heavy atom. The van der Waals surface area contributed by atoms with Crippen LogP contribution >= 0.6 is 31.9 Å². The molecule has 0 N–H and O–H groups in total. The maximum absolute atomic E-state index is 5.65. The van der Waals surface area contributed by atoms with Gasteiger partial charge in [0.15, 0.2) is 11.5 Å². The second-order valence-electron chi connectivity index (χ2n) is 3.29. The SMILES string of the molecule is CCOCCOc1c(Br)cc(CBr)cc1OC. The molecular formula is C12H16Br2O3. The maximum atomic E-state index is 5.65. The van der Waals surface area contributed by atoms with Crippen molar-refractivity contribution in [2.75, 3.05) is 26.9 Å². The predicted octanol–water partition coefficient (Wildman–Crippen LogP) is 3.77. The molecule has 0 saturated carbocycles. The van der Waals surface area contributed by atoms with Crippen molar-refractivity contribution in [1.82, 2.24) is 0 Å². The molecule has 0 heterocycles. The number of alkyl halides is 1. The summed E-state index contributed by atoms with van der Waals surface area (Å²) in [6.45, 7) is 3.74. The Kier molecular flexibility index (Phi) is 6.92. The summed E-state index contributed by atoms with van der Waals surface area (Å²) in [5, 5.41) is 0.779. The molecule has 0 spiro atoms. The number of benzene rings is 1. The fourth-order valence-electron chi connectivity index (χ4n) is 1.34. The first-order valence-electron chi connectivity index (χ1n) is 5.35. The van der Waals surface area contributed by atoms with Crippen LogP contribution in [0.25, 0.3) is 0 Å². The highest BCUT2D eigenvalue weighted by Crippen LogP contribution is 2.37. The van der Waals surface area contributed by atoms with Crippen molar-refractivity contribution < 1.29 is 14.2 Å². The zero-order chi connectivity index (χ0) is 12.7. The molecule has 3 nitrogen and oxygen atoms in total. The molecule has 1 aromatic carbocycles. The zero-order valence-electron chi connectivity index (χ0n) is 9.96. The predicted molar refractivity (Wildman–Crippen MR) is 75.3 cm³/mol. The van der Waals surface area contributed by atoms with Crippen molar-refractivity contribution in [1.29, 1.82) is 0 Å². The molecule has 17 heavy (non-hydrogen) atoms. The molecule has 0 radical (unpaired) electrons. The monoisotopic (exact) mass is 366 g/mol. The molecule has 0 bridgehead atoms. The molecule has 1 aromatic rings. The standard InChI is InChI=1S/C12H16Br2O3/c1-3-16-4-5-17-12-10(14)6-9(8-13)7-11(12)15-2/h6-7H,3-5,8H2,1-2H3. The molecule has 0 saturated heterocycles. The van der Waals surface area contributed by atoms with E-state index in [-0.39, 0.29) is 0 Å². The first kappa shape index (κ1) is 14.8. The highest BCUT2D eigenvalue weighted by atomic mass is 79.9. The van der Waals surface area contributed by atoms with Gasteiger partial charge in [0.25, 0.3) is 0 Å². The van der Waals surface area contributed by atoms with E-state index < -0.39 is 0 Å². The normalized spacial score (nSPS) is 10.4. The Morgan fingerprint density at radius 3 is 2.59 bits per heavy atom. The van der Waals surface area contributed by atoms with Crippen LogP contribution in [-0.4, -0.2) is 26.9 Å². The maximum Gasteiger partial charge on any atom is 0.175 e. The Labute approximate surface area is 119 Å². The van der Waals surface area contributed by atoms with Crippen LogP contribution in [0.3, 0.4) is 0 Å². The summed E-state index contributed by atoms with van der Waals surface area (Å²) < 4.78 is 17.1. The number of rotatable bonds is 7. The van der Waals surface area contributed by atoms with Gasteiger partial charge in [-0.3, -0.25) is 0 Å².